The molecule has 0 spiro atoms. The molecule has 4 nitrogen and oxygen atoms in total. The van der Waals surface area contributed by atoms with Gasteiger partial charge in [0.25, 0.3) is 0 Å². The van der Waals surface area contributed by atoms with E-state index in [0.29, 0.717) is 0 Å². The Morgan fingerprint density at radius 1 is 1.00 bits per heavy atom. The Morgan fingerprint density at radius 3 is 1.82 bits per heavy atom. The van der Waals surface area contributed by atoms with E-state index < -0.39 is 17.3 Å². The standard InChI is InChI=1S/C18H27NO3/c1-11(2)18(12(3)4,17(21)22)16(20)19-14(6)15-9-7-13(5)8-10-15/h7-12,14H,1-6H3,(H,19,20)(H,21,22). The van der Waals surface area contributed by atoms with Gasteiger partial charge in [-0.05, 0) is 31.2 Å². The van der Waals surface area contributed by atoms with Gasteiger partial charge in [0.2, 0.25) is 5.91 Å². The molecule has 1 aromatic carbocycles. The van der Waals surface area contributed by atoms with Gasteiger partial charge < -0.3 is 10.4 Å². The molecular formula is C18H27NO3. The lowest BCUT2D eigenvalue weighted by Crippen LogP contribution is -2.53. The van der Waals surface area contributed by atoms with Crippen LogP contribution < -0.4 is 5.32 Å². The second-order valence-corrected chi connectivity index (χ2v) is 6.59. The molecule has 0 bridgehead atoms. The van der Waals surface area contributed by atoms with Crippen LogP contribution in [0, 0.1) is 24.2 Å². The number of carboxylic acids is 1. The normalized spacial score (nSPS) is 13.3. The zero-order valence-electron chi connectivity index (χ0n) is 14.3. The van der Waals surface area contributed by atoms with Crippen molar-refractivity contribution in [3.63, 3.8) is 0 Å². The fraction of sp³-hybridized carbons (Fsp3) is 0.556. The van der Waals surface area contributed by atoms with E-state index in [0.717, 1.165) is 11.1 Å². The topological polar surface area (TPSA) is 66.4 Å². The maximum absolute atomic E-state index is 12.7. The average molecular weight is 305 g/mol. The van der Waals surface area contributed by atoms with E-state index in [1.165, 1.54) is 0 Å². The smallest absolute Gasteiger partial charge is 0.319 e. The number of aliphatic carboxylic acids is 1. The summed E-state index contributed by atoms with van der Waals surface area (Å²) in [6.07, 6.45) is 0. The molecule has 0 saturated carbocycles. The lowest BCUT2D eigenvalue weighted by atomic mass is 9.68. The van der Waals surface area contributed by atoms with Crippen LogP contribution in [-0.2, 0) is 9.59 Å². The van der Waals surface area contributed by atoms with Crippen LogP contribution in [0.3, 0.4) is 0 Å². The van der Waals surface area contributed by atoms with E-state index in [-0.39, 0.29) is 17.9 Å². The quantitative estimate of drug-likeness (QED) is 0.790. The second-order valence-electron chi connectivity index (χ2n) is 6.59. The first-order valence-electron chi connectivity index (χ1n) is 7.74. The number of carbonyl (C=O) groups is 2. The molecule has 0 aliphatic heterocycles. The summed E-state index contributed by atoms with van der Waals surface area (Å²) in [5, 5.41) is 12.6. The minimum Gasteiger partial charge on any atom is -0.480 e. The lowest BCUT2D eigenvalue weighted by molar-refractivity contribution is -0.163. The van der Waals surface area contributed by atoms with Crippen molar-refractivity contribution in [1.82, 2.24) is 5.32 Å². The van der Waals surface area contributed by atoms with Crippen LogP contribution in [0.5, 0.6) is 0 Å². The number of carbonyl (C=O) groups excluding carboxylic acids is 1. The van der Waals surface area contributed by atoms with Crippen molar-refractivity contribution in [3.8, 4) is 0 Å². The van der Waals surface area contributed by atoms with Gasteiger partial charge in [0.05, 0.1) is 6.04 Å². The van der Waals surface area contributed by atoms with Gasteiger partial charge in [-0.3, -0.25) is 9.59 Å². The van der Waals surface area contributed by atoms with Gasteiger partial charge in [0.15, 0.2) is 5.41 Å². The largest absolute Gasteiger partial charge is 0.480 e. The number of hydrogen-bond acceptors (Lipinski definition) is 2. The molecule has 122 valence electrons. The third kappa shape index (κ3) is 3.32. The second kappa shape index (κ2) is 6.95. The first-order chi connectivity index (χ1) is 10.1. The number of rotatable bonds is 6. The molecular weight excluding hydrogens is 278 g/mol. The van der Waals surface area contributed by atoms with Crippen molar-refractivity contribution in [2.24, 2.45) is 17.3 Å². The molecule has 1 aromatic rings. The third-order valence-electron chi connectivity index (χ3n) is 4.48. The van der Waals surface area contributed by atoms with E-state index in [9.17, 15) is 14.7 Å². The van der Waals surface area contributed by atoms with Crippen molar-refractivity contribution < 1.29 is 14.7 Å². The zero-order chi connectivity index (χ0) is 17.1. The average Bonchev–Trinajstić information content (AvgIpc) is 2.38. The predicted octanol–water partition coefficient (Wildman–Crippen LogP) is 3.56. The molecule has 1 unspecified atom stereocenters. The fourth-order valence-corrected chi connectivity index (χ4v) is 3.04. The summed E-state index contributed by atoms with van der Waals surface area (Å²) < 4.78 is 0. The molecule has 0 aliphatic carbocycles. The van der Waals surface area contributed by atoms with E-state index in [2.05, 4.69) is 5.32 Å². The number of amides is 1. The highest BCUT2D eigenvalue weighted by Crippen LogP contribution is 2.37. The summed E-state index contributed by atoms with van der Waals surface area (Å²) in [5.74, 6) is -2.07. The molecule has 0 heterocycles. The molecule has 1 atom stereocenters. The first-order valence-corrected chi connectivity index (χ1v) is 7.74. The Labute approximate surface area is 132 Å². The maximum Gasteiger partial charge on any atom is 0.319 e. The van der Waals surface area contributed by atoms with E-state index in [1.807, 2.05) is 38.1 Å². The Morgan fingerprint density at radius 2 is 1.45 bits per heavy atom. The van der Waals surface area contributed by atoms with Crippen molar-refractivity contribution in [2.45, 2.75) is 47.6 Å². The van der Waals surface area contributed by atoms with Gasteiger partial charge in [-0.2, -0.15) is 0 Å². The van der Waals surface area contributed by atoms with Gasteiger partial charge in [-0.1, -0.05) is 57.5 Å². The van der Waals surface area contributed by atoms with Crippen molar-refractivity contribution >= 4 is 11.9 Å². The number of hydrogen-bond donors (Lipinski definition) is 2. The monoisotopic (exact) mass is 305 g/mol. The molecule has 1 rings (SSSR count). The summed E-state index contributed by atoms with van der Waals surface area (Å²) in [6, 6.07) is 7.63. The molecule has 0 fully saturated rings. The molecule has 0 aliphatic rings. The summed E-state index contributed by atoms with van der Waals surface area (Å²) in [7, 11) is 0. The zero-order valence-corrected chi connectivity index (χ0v) is 14.3. The maximum atomic E-state index is 12.7. The number of carboxylic acid groups (broad SMARTS) is 1. The lowest BCUT2D eigenvalue weighted by Gasteiger charge is -2.36. The summed E-state index contributed by atoms with van der Waals surface area (Å²) in [5.41, 5.74) is 0.691. The minimum atomic E-state index is -1.42. The summed E-state index contributed by atoms with van der Waals surface area (Å²) in [4.78, 5) is 24.6. The van der Waals surface area contributed by atoms with E-state index in [1.54, 1.807) is 27.7 Å². The van der Waals surface area contributed by atoms with Crippen LogP contribution >= 0.6 is 0 Å². The molecule has 0 saturated heterocycles. The number of nitrogens with one attached hydrogen (secondary N) is 1. The first kappa shape index (κ1) is 18.2. The molecule has 0 radical (unpaired) electrons. The van der Waals surface area contributed by atoms with E-state index >= 15 is 0 Å². The molecule has 22 heavy (non-hydrogen) atoms. The van der Waals surface area contributed by atoms with Gasteiger partial charge in [0.1, 0.15) is 0 Å². The van der Waals surface area contributed by atoms with Crippen LogP contribution in [0.4, 0.5) is 0 Å². The van der Waals surface area contributed by atoms with Gasteiger partial charge in [-0.25, -0.2) is 0 Å². The fourth-order valence-electron chi connectivity index (χ4n) is 3.04. The van der Waals surface area contributed by atoms with Crippen LogP contribution in [0.1, 0.15) is 51.8 Å². The molecule has 2 N–H and O–H groups in total. The van der Waals surface area contributed by atoms with Crippen LogP contribution in [0.25, 0.3) is 0 Å². The van der Waals surface area contributed by atoms with Gasteiger partial charge in [-0.15, -0.1) is 0 Å². The summed E-state index contributed by atoms with van der Waals surface area (Å²) >= 11 is 0. The highest BCUT2D eigenvalue weighted by atomic mass is 16.4. The Balaban J connectivity index is 3.06. The summed E-state index contributed by atoms with van der Waals surface area (Å²) in [6.45, 7) is 11.0. The van der Waals surface area contributed by atoms with Crippen LogP contribution in [0.2, 0.25) is 0 Å². The Kier molecular flexibility index (Phi) is 5.75. The van der Waals surface area contributed by atoms with E-state index in [4.69, 9.17) is 0 Å². The highest BCUT2D eigenvalue weighted by molar-refractivity contribution is 6.02. The van der Waals surface area contributed by atoms with Crippen molar-refractivity contribution in [1.29, 1.82) is 0 Å². The SMILES string of the molecule is Cc1ccc(C(C)NC(=O)C(C(=O)O)(C(C)C)C(C)C)cc1. The molecule has 0 aromatic heterocycles. The Hall–Kier alpha value is -1.84. The third-order valence-corrected chi connectivity index (χ3v) is 4.48. The van der Waals surface area contributed by atoms with Crippen LogP contribution in [0.15, 0.2) is 24.3 Å². The van der Waals surface area contributed by atoms with Crippen molar-refractivity contribution in [3.05, 3.63) is 35.4 Å². The highest BCUT2D eigenvalue weighted by Gasteiger charge is 2.51. The van der Waals surface area contributed by atoms with Gasteiger partial charge >= 0.3 is 5.97 Å². The van der Waals surface area contributed by atoms with Crippen molar-refractivity contribution in [2.75, 3.05) is 0 Å². The molecule has 1 amide bonds. The molecule has 4 heteroatoms. The predicted molar refractivity (Wildman–Crippen MR) is 87.5 cm³/mol. The number of aryl methyl sites for hydroxylation is 1. The minimum absolute atomic E-state index is 0.232. The van der Waals surface area contributed by atoms with Crippen LogP contribution in [-0.4, -0.2) is 17.0 Å². The Bertz CT molecular complexity index is 524. The number of benzene rings is 1. The van der Waals surface area contributed by atoms with Gasteiger partial charge in [0, 0.05) is 0 Å².